The largest absolute Gasteiger partial charge is 0.497 e. The number of hydrogen-bond donors (Lipinski definition) is 1. The van der Waals surface area contributed by atoms with E-state index in [0.29, 0.717) is 22.2 Å². The zero-order chi connectivity index (χ0) is 27.5. The summed E-state index contributed by atoms with van der Waals surface area (Å²) in [4.78, 5) is 55.0. The third-order valence-electron chi connectivity index (χ3n) is 7.37. The SMILES string of the molecule is COc1ccc(N2C(=O)C3Sc4c(sc(=O)n4CC(=O)Nc4ccc5ccccc5c4)C(C)(C)C3C2=O)cc1. The Balaban J connectivity index is 1.28. The van der Waals surface area contributed by atoms with E-state index in [1.807, 2.05) is 56.3 Å². The van der Waals surface area contributed by atoms with Gasteiger partial charge in [-0.15, -0.1) is 0 Å². The zero-order valence-electron chi connectivity index (χ0n) is 21.5. The van der Waals surface area contributed by atoms with Crippen molar-refractivity contribution in [2.75, 3.05) is 17.3 Å². The molecule has 2 aliphatic heterocycles. The van der Waals surface area contributed by atoms with E-state index in [1.54, 1.807) is 31.4 Å². The molecule has 0 radical (unpaired) electrons. The highest BCUT2D eigenvalue weighted by atomic mass is 32.2. The van der Waals surface area contributed by atoms with Crippen LogP contribution in [0.2, 0.25) is 0 Å². The monoisotopic (exact) mass is 559 g/mol. The van der Waals surface area contributed by atoms with Crippen LogP contribution < -0.4 is 19.8 Å². The Hall–Kier alpha value is -3.89. The minimum absolute atomic E-state index is 0.192. The number of ether oxygens (including phenoxy) is 1. The minimum Gasteiger partial charge on any atom is -0.497 e. The summed E-state index contributed by atoms with van der Waals surface area (Å²) in [6.45, 7) is 3.59. The average molecular weight is 560 g/mol. The van der Waals surface area contributed by atoms with Crippen LogP contribution in [0.1, 0.15) is 18.7 Å². The minimum atomic E-state index is -0.775. The molecule has 6 rings (SSSR count). The van der Waals surface area contributed by atoms with Gasteiger partial charge in [0.2, 0.25) is 17.7 Å². The van der Waals surface area contributed by atoms with Crippen molar-refractivity contribution >= 4 is 63.0 Å². The van der Waals surface area contributed by atoms with Crippen molar-refractivity contribution in [3.8, 4) is 5.75 Å². The quantitative estimate of drug-likeness (QED) is 0.358. The number of methoxy groups -OCH3 is 1. The molecule has 1 fully saturated rings. The van der Waals surface area contributed by atoms with Crippen LogP contribution in [0.15, 0.2) is 76.6 Å². The summed E-state index contributed by atoms with van der Waals surface area (Å²) in [5, 5.41) is 4.81. The molecule has 10 heteroatoms. The maximum atomic E-state index is 13.6. The number of rotatable bonds is 5. The third kappa shape index (κ3) is 4.15. The second-order valence-corrected chi connectivity index (χ2v) is 12.2. The van der Waals surface area contributed by atoms with Gasteiger partial charge in [0.05, 0.1) is 23.7 Å². The predicted molar refractivity (Wildman–Crippen MR) is 153 cm³/mol. The number of hydrogen-bond acceptors (Lipinski definition) is 7. The Bertz CT molecular complexity index is 1710. The first-order valence-corrected chi connectivity index (χ1v) is 14.1. The average Bonchev–Trinajstić information content (AvgIpc) is 3.37. The molecule has 3 heterocycles. The van der Waals surface area contributed by atoms with Gasteiger partial charge in [0.15, 0.2) is 0 Å². The summed E-state index contributed by atoms with van der Waals surface area (Å²) in [5.74, 6) is -0.979. The number of carbonyl (C=O) groups excluding carboxylic acids is 3. The van der Waals surface area contributed by atoms with Crippen molar-refractivity contribution in [1.82, 2.24) is 4.57 Å². The molecule has 0 spiro atoms. The smallest absolute Gasteiger partial charge is 0.308 e. The normalized spacial score (nSPS) is 19.6. The van der Waals surface area contributed by atoms with Gasteiger partial charge in [0.1, 0.15) is 17.5 Å². The number of imide groups is 1. The van der Waals surface area contributed by atoms with Gasteiger partial charge in [-0.05, 0) is 47.2 Å². The molecule has 1 N–H and O–H groups in total. The molecular weight excluding hydrogens is 534 g/mol. The van der Waals surface area contributed by atoms with E-state index in [-0.39, 0.29) is 29.1 Å². The van der Waals surface area contributed by atoms with E-state index in [0.717, 1.165) is 27.0 Å². The molecule has 3 amide bonds. The Morgan fingerprint density at radius 2 is 1.69 bits per heavy atom. The molecule has 39 heavy (non-hydrogen) atoms. The van der Waals surface area contributed by atoms with Crippen molar-refractivity contribution in [2.24, 2.45) is 5.92 Å². The Morgan fingerprint density at radius 1 is 0.974 bits per heavy atom. The fraction of sp³-hybridized carbons (Fsp3) is 0.241. The number of nitrogens with one attached hydrogen (secondary N) is 1. The molecular formula is C29H25N3O5S2. The summed E-state index contributed by atoms with van der Waals surface area (Å²) in [7, 11) is 1.55. The second-order valence-electron chi connectivity index (χ2n) is 10.1. The van der Waals surface area contributed by atoms with Crippen LogP contribution in [0.4, 0.5) is 11.4 Å². The number of aromatic nitrogens is 1. The van der Waals surface area contributed by atoms with Gasteiger partial charge < -0.3 is 10.1 Å². The number of thiazole rings is 1. The van der Waals surface area contributed by atoms with Gasteiger partial charge in [0.25, 0.3) is 0 Å². The first kappa shape index (κ1) is 25.4. The summed E-state index contributed by atoms with van der Waals surface area (Å²) in [5.41, 5.74) is 0.339. The van der Waals surface area contributed by atoms with Crippen molar-refractivity contribution < 1.29 is 19.1 Å². The first-order valence-electron chi connectivity index (χ1n) is 12.4. The lowest BCUT2D eigenvalue weighted by atomic mass is 9.76. The van der Waals surface area contributed by atoms with E-state index in [2.05, 4.69) is 5.32 Å². The van der Waals surface area contributed by atoms with Gasteiger partial charge in [-0.2, -0.15) is 0 Å². The number of thioether (sulfide) groups is 1. The zero-order valence-corrected chi connectivity index (χ0v) is 23.1. The number of carbonyl (C=O) groups is 3. The molecule has 0 aliphatic carbocycles. The highest BCUT2D eigenvalue weighted by molar-refractivity contribution is 8.00. The fourth-order valence-electron chi connectivity index (χ4n) is 5.36. The number of nitrogens with zero attached hydrogens (tertiary/aromatic N) is 2. The van der Waals surface area contributed by atoms with E-state index in [9.17, 15) is 19.2 Å². The van der Waals surface area contributed by atoms with Crippen molar-refractivity contribution in [3.05, 3.63) is 81.3 Å². The Labute approximate surface area is 232 Å². The topological polar surface area (TPSA) is 97.7 Å². The van der Waals surface area contributed by atoms with Gasteiger partial charge >= 0.3 is 4.87 Å². The van der Waals surface area contributed by atoms with Gasteiger partial charge in [-0.1, -0.05) is 67.3 Å². The standard InChI is InChI=1S/C29H25N3O5S2/c1-29(2)22-23(26(35)32(25(22)34)19-10-12-20(37-3)13-11-19)38-27-24(29)39-28(36)31(27)15-21(33)30-18-9-8-16-6-4-5-7-17(16)14-18/h4-14,22-23H,15H2,1-3H3,(H,30,33). The third-order valence-corrected chi connectivity index (χ3v) is 10.2. The number of fused-ring (bicyclic) bond motifs is 3. The van der Waals surface area contributed by atoms with Crippen LogP contribution in [0, 0.1) is 5.92 Å². The molecule has 3 aromatic carbocycles. The first-order chi connectivity index (χ1) is 18.7. The van der Waals surface area contributed by atoms with Crippen LogP contribution in [-0.4, -0.2) is 34.6 Å². The fourth-order valence-corrected chi connectivity index (χ4v) is 8.40. The van der Waals surface area contributed by atoms with Gasteiger partial charge in [0, 0.05) is 16.0 Å². The molecule has 0 bridgehead atoms. The highest BCUT2D eigenvalue weighted by Crippen LogP contribution is 2.54. The van der Waals surface area contributed by atoms with E-state index >= 15 is 0 Å². The van der Waals surface area contributed by atoms with E-state index in [4.69, 9.17) is 4.74 Å². The maximum Gasteiger partial charge on any atom is 0.308 e. The molecule has 2 aliphatic rings. The molecule has 1 saturated heterocycles. The lowest BCUT2D eigenvalue weighted by Gasteiger charge is -2.36. The summed E-state index contributed by atoms with van der Waals surface area (Å²) >= 11 is 2.24. The van der Waals surface area contributed by atoms with Crippen molar-refractivity contribution in [3.63, 3.8) is 0 Å². The molecule has 2 unspecified atom stereocenters. The summed E-state index contributed by atoms with van der Waals surface area (Å²) in [6, 6.07) is 20.3. The van der Waals surface area contributed by atoms with Crippen molar-refractivity contribution in [2.45, 2.75) is 36.1 Å². The van der Waals surface area contributed by atoms with E-state index in [1.165, 1.54) is 21.2 Å². The Kier molecular flexibility index (Phi) is 6.11. The lowest BCUT2D eigenvalue weighted by Crippen LogP contribution is -2.41. The second kappa shape index (κ2) is 9.39. The Morgan fingerprint density at radius 3 is 2.41 bits per heavy atom. The van der Waals surface area contributed by atoms with Crippen LogP contribution in [-0.2, 0) is 26.3 Å². The van der Waals surface area contributed by atoms with Crippen LogP contribution in [0.3, 0.4) is 0 Å². The molecule has 0 saturated carbocycles. The number of benzene rings is 3. The number of amides is 3. The van der Waals surface area contributed by atoms with Gasteiger partial charge in [-0.3, -0.25) is 23.7 Å². The van der Waals surface area contributed by atoms with E-state index < -0.39 is 16.6 Å². The van der Waals surface area contributed by atoms with Crippen LogP contribution >= 0.6 is 23.1 Å². The molecule has 1 aromatic heterocycles. The lowest BCUT2D eigenvalue weighted by molar-refractivity contribution is -0.123. The molecule has 4 aromatic rings. The van der Waals surface area contributed by atoms with Crippen LogP contribution in [0.5, 0.6) is 5.75 Å². The summed E-state index contributed by atoms with van der Waals surface area (Å²) in [6.07, 6.45) is 0. The highest BCUT2D eigenvalue weighted by Gasteiger charge is 2.59. The van der Waals surface area contributed by atoms with Gasteiger partial charge in [-0.25, -0.2) is 4.90 Å². The van der Waals surface area contributed by atoms with Crippen molar-refractivity contribution in [1.29, 1.82) is 0 Å². The number of anilines is 2. The molecule has 2 atom stereocenters. The summed E-state index contributed by atoms with van der Waals surface area (Å²) < 4.78 is 6.62. The molecule has 8 nitrogen and oxygen atoms in total. The molecule has 198 valence electrons. The maximum absolute atomic E-state index is 13.6. The predicted octanol–water partition coefficient (Wildman–Crippen LogP) is 4.65. The van der Waals surface area contributed by atoms with Crippen LogP contribution in [0.25, 0.3) is 10.8 Å².